The molecule has 2 amide bonds. The zero-order valence-electron chi connectivity index (χ0n) is 15.9. The molecule has 31 heavy (non-hydrogen) atoms. The number of ether oxygens (including phenoxy) is 1. The number of amides is 2. The summed E-state index contributed by atoms with van der Waals surface area (Å²) in [7, 11) is 1.52. The van der Waals surface area contributed by atoms with Crippen LogP contribution in [0.5, 0.6) is 5.75 Å². The lowest BCUT2D eigenvalue weighted by molar-refractivity contribution is -0.137. The fourth-order valence-electron chi connectivity index (χ4n) is 2.38. The fraction of sp³-hybridized carbons (Fsp3) is 0.158. The number of methoxy groups -OCH3 is 1. The predicted molar refractivity (Wildman–Crippen MR) is 112 cm³/mol. The van der Waals surface area contributed by atoms with Crippen LogP contribution in [0.2, 0.25) is 0 Å². The third-order valence-electron chi connectivity index (χ3n) is 3.81. The average Bonchev–Trinajstić information content (AvgIpc) is 3.19. The number of nitrogens with zero attached hydrogens (tertiary/aromatic N) is 2. The highest BCUT2D eigenvalue weighted by Gasteiger charge is 2.33. The second kappa shape index (κ2) is 9.79. The number of alkyl halides is 3. The number of nitrogens with one attached hydrogen (secondary N) is 2. The molecule has 0 aliphatic heterocycles. The van der Waals surface area contributed by atoms with Gasteiger partial charge >= 0.3 is 6.18 Å². The Morgan fingerprint density at radius 3 is 2.45 bits per heavy atom. The third-order valence-corrected chi connectivity index (χ3v) is 5.78. The maximum Gasteiger partial charge on any atom is 0.418 e. The Hall–Kier alpha value is -3.12. The van der Waals surface area contributed by atoms with Gasteiger partial charge in [-0.2, -0.15) is 13.2 Å². The number of hydrogen-bond acceptors (Lipinski definition) is 7. The van der Waals surface area contributed by atoms with Crippen molar-refractivity contribution in [3.8, 4) is 5.75 Å². The van der Waals surface area contributed by atoms with E-state index in [4.69, 9.17) is 4.74 Å². The van der Waals surface area contributed by atoms with Gasteiger partial charge in [-0.15, -0.1) is 10.2 Å². The molecule has 2 aromatic carbocycles. The summed E-state index contributed by atoms with van der Waals surface area (Å²) in [4.78, 5) is 24.3. The van der Waals surface area contributed by atoms with Gasteiger partial charge in [-0.1, -0.05) is 35.2 Å². The van der Waals surface area contributed by atoms with Crippen LogP contribution in [0.15, 0.2) is 52.9 Å². The first kappa shape index (κ1) is 22.6. The Labute approximate surface area is 183 Å². The predicted octanol–water partition coefficient (Wildman–Crippen LogP) is 4.55. The maximum atomic E-state index is 13.0. The van der Waals surface area contributed by atoms with E-state index in [0.29, 0.717) is 15.7 Å². The third kappa shape index (κ3) is 6.18. The van der Waals surface area contributed by atoms with Gasteiger partial charge in [0.2, 0.25) is 11.0 Å². The molecule has 12 heteroatoms. The molecule has 0 saturated carbocycles. The smallest absolute Gasteiger partial charge is 0.418 e. The van der Waals surface area contributed by atoms with Crippen molar-refractivity contribution in [2.75, 3.05) is 23.5 Å². The molecule has 0 radical (unpaired) electrons. The molecule has 0 fully saturated rings. The van der Waals surface area contributed by atoms with E-state index in [0.717, 1.165) is 29.2 Å². The molecule has 1 heterocycles. The van der Waals surface area contributed by atoms with Gasteiger partial charge in [-0.25, -0.2) is 0 Å². The minimum atomic E-state index is -4.58. The lowest BCUT2D eigenvalue weighted by Gasteiger charge is -2.13. The van der Waals surface area contributed by atoms with Crippen molar-refractivity contribution in [2.24, 2.45) is 0 Å². The molecular formula is C19H15F3N4O3S2. The van der Waals surface area contributed by atoms with Gasteiger partial charge in [0, 0.05) is 5.56 Å². The summed E-state index contributed by atoms with van der Waals surface area (Å²) in [5.41, 5.74) is -0.842. The van der Waals surface area contributed by atoms with E-state index in [9.17, 15) is 22.8 Å². The highest BCUT2D eigenvalue weighted by molar-refractivity contribution is 8.01. The van der Waals surface area contributed by atoms with Crippen molar-refractivity contribution in [1.29, 1.82) is 0 Å². The molecule has 3 aromatic rings. The number of halogens is 3. The van der Waals surface area contributed by atoms with Gasteiger partial charge in [0.15, 0.2) is 4.34 Å². The number of benzene rings is 2. The van der Waals surface area contributed by atoms with Gasteiger partial charge < -0.3 is 10.1 Å². The number of aromatic nitrogens is 2. The van der Waals surface area contributed by atoms with Crippen LogP contribution >= 0.6 is 23.1 Å². The number of anilines is 2. The van der Waals surface area contributed by atoms with E-state index in [-0.39, 0.29) is 16.6 Å². The molecular weight excluding hydrogens is 453 g/mol. The average molecular weight is 468 g/mol. The quantitative estimate of drug-likeness (QED) is 0.390. The van der Waals surface area contributed by atoms with Crippen LogP contribution < -0.4 is 15.4 Å². The summed E-state index contributed by atoms with van der Waals surface area (Å²) in [6, 6.07) is 11.2. The number of para-hydroxylation sites is 1. The largest absolute Gasteiger partial charge is 0.497 e. The molecule has 1 aromatic heterocycles. The molecule has 162 valence electrons. The summed E-state index contributed by atoms with van der Waals surface area (Å²) in [6.07, 6.45) is -4.58. The van der Waals surface area contributed by atoms with E-state index in [1.165, 1.54) is 25.3 Å². The Kier molecular flexibility index (Phi) is 7.13. The van der Waals surface area contributed by atoms with Crippen molar-refractivity contribution < 1.29 is 27.5 Å². The van der Waals surface area contributed by atoms with Gasteiger partial charge in [-0.05, 0) is 36.4 Å². The molecule has 0 unspecified atom stereocenters. The van der Waals surface area contributed by atoms with Crippen LogP contribution in [0.1, 0.15) is 15.9 Å². The summed E-state index contributed by atoms with van der Waals surface area (Å²) in [5, 5.41) is 12.8. The van der Waals surface area contributed by atoms with Crippen LogP contribution in [-0.2, 0) is 11.0 Å². The summed E-state index contributed by atoms with van der Waals surface area (Å²) >= 11 is 2.04. The Morgan fingerprint density at radius 2 is 1.77 bits per heavy atom. The maximum absolute atomic E-state index is 13.0. The first-order valence-electron chi connectivity index (χ1n) is 8.64. The zero-order valence-corrected chi connectivity index (χ0v) is 17.5. The number of thioether (sulfide) groups is 1. The van der Waals surface area contributed by atoms with Crippen LogP contribution in [0.25, 0.3) is 0 Å². The standard InChI is InChI=1S/C19H15F3N4O3S2/c1-29-12-8-6-11(7-9-12)16(28)24-17-25-26-18(31-17)30-10-15(27)23-14-5-3-2-4-13(14)19(20,21)22/h2-9H,10H2,1H3,(H,23,27)(H,24,25,28). The molecule has 0 atom stereocenters. The minimum Gasteiger partial charge on any atom is -0.497 e. The van der Waals surface area contributed by atoms with Crippen LogP contribution in [0, 0.1) is 0 Å². The molecule has 0 bridgehead atoms. The fourth-order valence-corrected chi connectivity index (χ4v) is 3.93. The van der Waals surface area contributed by atoms with E-state index < -0.39 is 23.6 Å². The second-order valence-corrected chi connectivity index (χ2v) is 8.14. The van der Waals surface area contributed by atoms with E-state index in [1.807, 2.05) is 0 Å². The monoisotopic (exact) mass is 468 g/mol. The summed E-state index contributed by atoms with van der Waals surface area (Å²) in [6.45, 7) is 0. The van der Waals surface area contributed by atoms with Crippen molar-refractivity contribution in [1.82, 2.24) is 10.2 Å². The number of rotatable bonds is 7. The molecule has 7 nitrogen and oxygen atoms in total. The first-order valence-corrected chi connectivity index (χ1v) is 10.4. The lowest BCUT2D eigenvalue weighted by Crippen LogP contribution is -2.18. The molecule has 2 N–H and O–H groups in total. The van der Waals surface area contributed by atoms with Crippen molar-refractivity contribution in [3.63, 3.8) is 0 Å². The van der Waals surface area contributed by atoms with Crippen LogP contribution in [-0.4, -0.2) is 34.9 Å². The van der Waals surface area contributed by atoms with Crippen LogP contribution in [0.3, 0.4) is 0 Å². The summed E-state index contributed by atoms with van der Waals surface area (Å²) in [5.74, 6) is -0.576. The Balaban J connectivity index is 1.54. The van der Waals surface area contributed by atoms with E-state index in [2.05, 4.69) is 20.8 Å². The topological polar surface area (TPSA) is 93.2 Å². The second-order valence-electron chi connectivity index (χ2n) is 5.94. The van der Waals surface area contributed by atoms with Gasteiger partial charge in [0.05, 0.1) is 24.1 Å². The van der Waals surface area contributed by atoms with Gasteiger partial charge in [-0.3, -0.25) is 14.9 Å². The van der Waals surface area contributed by atoms with Crippen molar-refractivity contribution in [3.05, 3.63) is 59.7 Å². The number of hydrogen-bond donors (Lipinski definition) is 2. The molecule has 0 saturated heterocycles. The Morgan fingerprint density at radius 1 is 1.06 bits per heavy atom. The van der Waals surface area contributed by atoms with E-state index in [1.54, 1.807) is 24.3 Å². The summed E-state index contributed by atoms with van der Waals surface area (Å²) < 4.78 is 44.4. The number of carbonyl (C=O) groups is 2. The van der Waals surface area contributed by atoms with Crippen molar-refractivity contribution >= 4 is 45.7 Å². The lowest BCUT2D eigenvalue weighted by atomic mass is 10.1. The SMILES string of the molecule is COc1ccc(C(=O)Nc2nnc(SCC(=O)Nc3ccccc3C(F)(F)F)s2)cc1. The normalized spacial score (nSPS) is 11.1. The molecule has 3 rings (SSSR count). The molecule has 0 spiro atoms. The van der Waals surface area contributed by atoms with Crippen molar-refractivity contribution in [2.45, 2.75) is 10.5 Å². The highest BCUT2D eigenvalue weighted by atomic mass is 32.2. The zero-order chi connectivity index (χ0) is 22.4. The molecule has 0 aliphatic carbocycles. The van der Waals surface area contributed by atoms with Gasteiger partial charge in [0.25, 0.3) is 5.91 Å². The molecule has 0 aliphatic rings. The van der Waals surface area contributed by atoms with Crippen LogP contribution in [0.4, 0.5) is 24.0 Å². The van der Waals surface area contributed by atoms with E-state index >= 15 is 0 Å². The minimum absolute atomic E-state index is 0.173. The first-order chi connectivity index (χ1) is 14.8. The van der Waals surface area contributed by atoms with Gasteiger partial charge in [0.1, 0.15) is 5.75 Å². The number of carbonyl (C=O) groups excluding carboxylic acids is 2. The Bertz CT molecular complexity index is 1070. The highest BCUT2D eigenvalue weighted by Crippen LogP contribution is 2.34.